The second-order valence-electron chi connectivity index (χ2n) is 10.9. The van der Waals surface area contributed by atoms with Gasteiger partial charge in [0.1, 0.15) is 5.54 Å². The molecular formula is C23H35F2N5O3. The predicted molar refractivity (Wildman–Crippen MR) is 116 cm³/mol. The first kappa shape index (κ1) is 24.1. The molecule has 0 bridgehead atoms. The summed E-state index contributed by atoms with van der Waals surface area (Å²) in [6.07, 6.45) is 6.42. The summed E-state index contributed by atoms with van der Waals surface area (Å²) in [5, 5.41) is 20.1. The minimum Gasteiger partial charge on any atom is -0.465 e. The Morgan fingerprint density at radius 1 is 1.15 bits per heavy atom. The van der Waals surface area contributed by atoms with E-state index < -0.39 is 35.9 Å². The summed E-state index contributed by atoms with van der Waals surface area (Å²) in [7, 11) is 0. The number of nitrogens with two attached hydrogens (primary N) is 1. The van der Waals surface area contributed by atoms with Crippen LogP contribution < -0.4 is 11.1 Å². The molecule has 4 N–H and O–H groups in total. The summed E-state index contributed by atoms with van der Waals surface area (Å²) in [5.74, 6) is -3.45. The molecule has 0 aromatic rings. The van der Waals surface area contributed by atoms with E-state index in [0.717, 1.165) is 32.0 Å². The summed E-state index contributed by atoms with van der Waals surface area (Å²) in [6, 6.07) is 1.60. The maximum Gasteiger partial charge on any atom is 0.407 e. The average molecular weight is 468 g/mol. The molecule has 0 aromatic heterocycles. The van der Waals surface area contributed by atoms with Crippen molar-refractivity contribution in [2.75, 3.05) is 26.2 Å². The van der Waals surface area contributed by atoms with E-state index in [-0.39, 0.29) is 12.3 Å². The summed E-state index contributed by atoms with van der Waals surface area (Å²) in [4.78, 5) is 26.5. The Bertz CT molecular complexity index is 788. The molecule has 184 valence electrons. The molecule has 0 radical (unpaired) electrons. The third-order valence-corrected chi connectivity index (χ3v) is 7.71. The first-order valence-electron chi connectivity index (χ1n) is 12.1. The maximum atomic E-state index is 13.5. The number of carbonyl (C=O) groups is 2. The number of nitrogens with one attached hydrogen (secondary N) is 1. The van der Waals surface area contributed by atoms with Crippen LogP contribution in [-0.2, 0) is 4.79 Å². The molecule has 8 nitrogen and oxygen atoms in total. The molecular weight excluding hydrogens is 432 g/mol. The number of halogens is 2. The van der Waals surface area contributed by atoms with Gasteiger partial charge in [-0.3, -0.25) is 4.79 Å². The van der Waals surface area contributed by atoms with Crippen molar-refractivity contribution in [3.8, 4) is 6.07 Å². The molecule has 3 saturated carbocycles. The van der Waals surface area contributed by atoms with Crippen molar-refractivity contribution in [3.63, 3.8) is 0 Å². The van der Waals surface area contributed by atoms with Gasteiger partial charge in [-0.05, 0) is 70.4 Å². The van der Waals surface area contributed by atoms with Gasteiger partial charge in [0, 0.05) is 37.4 Å². The molecule has 5 fully saturated rings. The van der Waals surface area contributed by atoms with E-state index in [1.54, 1.807) is 4.90 Å². The first-order valence-corrected chi connectivity index (χ1v) is 12.1. The molecule has 0 aromatic carbocycles. The molecule has 1 atom stereocenters. The molecule has 2 amide bonds. The Kier molecular flexibility index (Phi) is 6.58. The fourth-order valence-corrected chi connectivity index (χ4v) is 4.98. The van der Waals surface area contributed by atoms with Crippen LogP contribution in [0, 0.1) is 22.7 Å². The van der Waals surface area contributed by atoms with Gasteiger partial charge in [0.15, 0.2) is 0 Å². The lowest BCUT2D eigenvalue weighted by Gasteiger charge is -2.53. The second kappa shape index (κ2) is 8.99. The SMILES string of the molecule is N#CC1(NC(=O)[C@@H](N)CC(F)(F)CC2CC2)CC1.O=C(O)N1CC2(CCN(C3CC3)CC2)C1. The van der Waals surface area contributed by atoms with Gasteiger partial charge < -0.3 is 26.0 Å². The Labute approximate surface area is 193 Å². The Balaban J connectivity index is 0.000000159. The van der Waals surface area contributed by atoms with Crippen LogP contribution >= 0.6 is 0 Å². The summed E-state index contributed by atoms with van der Waals surface area (Å²) >= 11 is 0. The topological polar surface area (TPSA) is 123 Å². The molecule has 2 aliphatic heterocycles. The zero-order valence-electron chi connectivity index (χ0n) is 19.1. The van der Waals surface area contributed by atoms with E-state index >= 15 is 0 Å². The quantitative estimate of drug-likeness (QED) is 0.529. The van der Waals surface area contributed by atoms with Crippen LogP contribution in [0.5, 0.6) is 0 Å². The molecule has 5 rings (SSSR count). The molecule has 2 heterocycles. The van der Waals surface area contributed by atoms with Gasteiger partial charge in [0.05, 0.1) is 12.1 Å². The molecule has 5 aliphatic rings. The number of carboxylic acid groups (broad SMARTS) is 1. The van der Waals surface area contributed by atoms with Crippen molar-refractivity contribution in [2.45, 2.75) is 87.8 Å². The zero-order chi connectivity index (χ0) is 23.9. The zero-order valence-corrected chi connectivity index (χ0v) is 19.1. The van der Waals surface area contributed by atoms with Gasteiger partial charge in [-0.25, -0.2) is 13.6 Å². The number of hydrogen-bond donors (Lipinski definition) is 3. The highest BCUT2D eigenvalue weighted by Crippen LogP contribution is 2.43. The van der Waals surface area contributed by atoms with Crippen molar-refractivity contribution in [2.24, 2.45) is 17.1 Å². The van der Waals surface area contributed by atoms with Gasteiger partial charge in [-0.2, -0.15) is 5.26 Å². The fraction of sp³-hybridized carbons (Fsp3) is 0.870. The summed E-state index contributed by atoms with van der Waals surface area (Å²) in [6.45, 7) is 3.94. The number of nitrogens with zero attached hydrogens (tertiary/aromatic N) is 3. The lowest BCUT2D eigenvalue weighted by Crippen LogP contribution is -2.61. The number of rotatable bonds is 7. The monoisotopic (exact) mass is 467 g/mol. The largest absolute Gasteiger partial charge is 0.465 e. The number of piperidine rings is 1. The molecule has 10 heteroatoms. The van der Waals surface area contributed by atoms with Crippen LogP contribution in [0.25, 0.3) is 0 Å². The highest BCUT2D eigenvalue weighted by atomic mass is 19.3. The van der Waals surface area contributed by atoms with Crippen molar-refractivity contribution in [3.05, 3.63) is 0 Å². The van der Waals surface area contributed by atoms with Gasteiger partial charge >= 0.3 is 6.09 Å². The van der Waals surface area contributed by atoms with Crippen molar-refractivity contribution >= 4 is 12.0 Å². The average Bonchev–Trinajstić information content (AvgIpc) is 3.58. The molecule has 3 aliphatic carbocycles. The van der Waals surface area contributed by atoms with Crippen molar-refractivity contribution in [1.82, 2.24) is 15.1 Å². The standard InChI is InChI=1S/C12H17F2N3O.C11H18N2O2/c13-12(14,5-8-1-2-8)6-9(16)10(18)17-11(7-15)3-4-11;14-10(15)13-7-11(8-13)3-5-12(6-4-11)9-1-2-9/h8-9H,1-6,16H2,(H,17,18);9H,1-8H2,(H,14,15)/t9-;/m0./s1. The second-order valence-corrected chi connectivity index (χ2v) is 10.9. The van der Waals surface area contributed by atoms with Crippen LogP contribution in [0.3, 0.4) is 0 Å². The number of nitriles is 1. The van der Waals surface area contributed by atoms with E-state index in [4.69, 9.17) is 16.1 Å². The Morgan fingerprint density at radius 3 is 2.21 bits per heavy atom. The third-order valence-electron chi connectivity index (χ3n) is 7.71. The maximum absolute atomic E-state index is 13.5. The van der Waals surface area contributed by atoms with Crippen LogP contribution in [-0.4, -0.2) is 76.6 Å². The van der Waals surface area contributed by atoms with Gasteiger partial charge in [-0.1, -0.05) is 0 Å². The number of hydrogen-bond acceptors (Lipinski definition) is 5. The highest BCUT2D eigenvalue weighted by molar-refractivity contribution is 5.83. The van der Waals surface area contributed by atoms with Crippen LogP contribution in [0.1, 0.15) is 64.2 Å². The van der Waals surface area contributed by atoms with Gasteiger partial charge in [0.25, 0.3) is 0 Å². The molecule has 1 spiro atoms. The van der Waals surface area contributed by atoms with Crippen LogP contribution in [0.15, 0.2) is 0 Å². The number of likely N-dealkylation sites (tertiary alicyclic amines) is 2. The van der Waals surface area contributed by atoms with E-state index in [0.29, 0.717) is 18.3 Å². The lowest BCUT2D eigenvalue weighted by atomic mass is 9.72. The van der Waals surface area contributed by atoms with E-state index in [9.17, 15) is 18.4 Å². The van der Waals surface area contributed by atoms with E-state index in [2.05, 4.69) is 10.2 Å². The molecule has 0 unspecified atom stereocenters. The number of alkyl halides is 2. The van der Waals surface area contributed by atoms with Crippen LogP contribution in [0.4, 0.5) is 13.6 Å². The minimum absolute atomic E-state index is 0.0872. The van der Waals surface area contributed by atoms with Crippen molar-refractivity contribution < 1.29 is 23.5 Å². The molecule has 33 heavy (non-hydrogen) atoms. The normalized spacial score (nSPS) is 26.3. The Morgan fingerprint density at radius 2 is 1.76 bits per heavy atom. The van der Waals surface area contributed by atoms with Crippen LogP contribution in [0.2, 0.25) is 0 Å². The molecule has 2 saturated heterocycles. The summed E-state index contributed by atoms with van der Waals surface area (Å²) in [5.41, 5.74) is 4.99. The third kappa shape index (κ3) is 6.33. The fourth-order valence-electron chi connectivity index (χ4n) is 4.98. The van der Waals surface area contributed by atoms with Gasteiger partial charge in [0.2, 0.25) is 11.8 Å². The van der Waals surface area contributed by atoms with Crippen molar-refractivity contribution in [1.29, 1.82) is 5.26 Å². The van der Waals surface area contributed by atoms with E-state index in [1.165, 1.54) is 38.8 Å². The lowest BCUT2D eigenvalue weighted by molar-refractivity contribution is -0.125. The number of amides is 2. The number of carbonyl (C=O) groups excluding carboxylic acids is 1. The highest BCUT2D eigenvalue weighted by Gasteiger charge is 2.48. The summed E-state index contributed by atoms with van der Waals surface area (Å²) < 4.78 is 27.1. The first-order chi connectivity index (χ1) is 15.5. The predicted octanol–water partition coefficient (Wildman–Crippen LogP) is 2.54. The Hall–Kier alpha value is -1.99. The minimum atomic E-state index is -2.89. The smallest absolute Gasteiger partial charge is 0.407 e. The van der Waals surface area contributed by atoms with Gasteiger partial charge in [-0.15, -0.1) is 0 Å². The van der Waals surface area contributed by atoms with E-state index in [1.807, 2.05) is 6.07 Å².